The van der Waals surface area contributed by atoms with Crippen LogP contribution in [-0.4, -0.2) is 64.5 Å². The van der Waals surface area contributed by atoms with Gasteiger partial charge in [0.1, 0.15) is 17.2 Å². The normalized spacial score (nSPS) is 15.9. The zero-order chi connectivity index (χ0) is 27.1. The summed E-state index contributed by atoms with van der Waals surface area (Å²) in [5.41, 5.74) is 9.26. The number of aromatic nitrogens is 4. The van der Waals surface area contributed by atoms with Crippen molar-refractivity contribution in [3.05, 3.63) is 84.2 Å². The predicted octanol–water partition coefficient (Wildman–Crippen LogP) is 2.83. The maximum atomic E-state index is 13.1. The number of amides is 1. The third-order valence-corrected chi connectivity index (χ3v) is 8.72. The molecule has 2 aromatic carbocycles. The Labute approximate surface area is 225 Å². The molecule has 1 saturated heterocycles. The van der Waals surface area contributed by atoms with E-state index in [1.165, 1.54) is 10.5 Å². The summed E-state index contributed by atoms with van der Waals surface area (Å²) in [4.78, 5) is 14.3. The highest BCUT2D eigenvalue weighted by Gasteiger charge is 2.28. The summed E-state index contributed by atoms with van der Waals surface area (Å²) in [6.07, 6.45) is 5.27. The Morgan fingerprint density at radius 1 is 1.03 bits per heavy atom. The average Bonchev–Trinajstić information content (AvgIpc) is 3.59. The van der Waals surface area contributed by atoms with Gasteiger partial charge in [-0.2, -0.15) is 14.5 Å². The Bertz CT molecular complexity index is 1670. The van der Waals surface area contributed by atoms with Gasteiger partial charge in [-0.3, -0.25) is 9.69 Å². The summed E-state index contributed by atoms with van der Waals surface area (Å²) in [5.74, 6) is 0.645. The molecule has 4 heterocycles. The lowest BCUT2D eigenvalue weighted by atomic mass is 10.1. The molecule has 0 unspecified atom stereocenters. The molecule has 0 radical (unpaired) electrons. The lowest BCUT2D eigenvalue weighted by Gasteiger charge is -2.26. The van der Waals surface area contributed by atoms with E-state index in [2.05, 4.69) is 5.10 Å². The van der Waals surface area contributed by atoms with E-state index in [1.807, 2.05) is 54.4 Å². The van der Waals surface area contributed by atoms with Crippen molar-refractivity contribution >= 4 is 27.6 Å². The van der Waals surface area contributed by atoms with Crippen LogP contribution < -0.4 is 10.6 Å². The number of nitrogens with two attached hydrogens (primary N) is 1. The van der Waals surface area contributed by atoms with Crippen molar-refractivity contribution in [2.24, 2.45) is 5.73 Å². The molecule has 0 aliphatic carbocycles. The number of aryl methyl sites for hydroxylation is 1. The van der Waals surface area contributed by atoms with Crippen LogP contribution in [0.25, 0.3) is 16.9 Å². The highest BCUT2D eigenvalue weighted by molar-refractivity contribution is 7.89. The Balaban J connectivity index is 1.43. The van der Waals surface area contributed by atoms with Crippen LogP contribution in [0.4, 0.5) is 11.6 Å². The Morgan fingerprint density at radius 2 is 1.74 bits per heavy atom. The van der Waals surface area contributed by atoms with E-state index < -0.39 is 15.9 Å². The molecule has 2 aromatic heterocycles. The molecule has 39 heavy (non-hydrogen) atoms. The molecule has 11 nitrogen and oxygen atoms in total. The lowest BCUT2D eigenvalue weighted by Crippen LogP contribution is -2.40. The number of carbonyl (C=O) groups excluding carboxylic acids is 1. The molecule has 2 aliphatic heterocycles. The number of sulfonamides is 1. The highest BCUT2D eigenvalue weighted by atomic mass is 32.2. The Morgan fingerprint density at radius 3 is 2.44 bits per heavy atom. The first kappa shape index (κ1) is 25.0. The lowest BCUT2D eigenvalue weighted by molar-refractivity contribution is 0.0730. The van der Waals surface area contributed by atoms with Crippen LogP contribution in [0, 0.1) is 6.92 Å². The second-order valence-corrected chi connectivity index (χ2v) is 11.3. The highest BCUT2D eigenvalue weighted by Crippen LogP contribution is 2.36. The van der Waals surface area contributed by atoms with E-state index in [1.54, 1.807) is 33.6 Å². The molecule has 1 amide bonds. The van der Waals surface area contributed by atoms with Crippen molar-refractivity contribution in [3.63, 3.8) is 0 Å². The molecule has 2 N–H and O–H groups in total. The summed E-state index contributed by atoms with van der Waals surface area (Å²) in [7, 11) is -3.61. The van der Waals surface area contributed by atoms with Crippen molar-refractivity contribution in [2.45, 2.75) is 18.4 Å². The first-order valence-corrected chi connectivity index (χ1v) is 13.9. The van der Waals surface area contributed by atoms with Crippen LogP contribution in [0.3, 0.4) is 0 Å². The van der Waals surface area contributed by atoms with E-state index in [0.29, 0.717) is 55.7 Å². The number of hydrogen-bond donors (Lipinski definition) is 1. The van der Waals surface area contributed by atoms with E-state index >= 15 is 0 Å². The van der Waals surface area contributed by atoms with E-state index in [-0.39, 0.29) is 4.90 Å². The van der Waals surface area contributed by atoms with Gasteiger partial charge in [0.25, 0.3) is 5.91 Å². The first-order valence-electron chi connectivity index (χ1n) is 12.5. The fraction of sp³-hybridized carbons (Fsp3) is 0.222. The standard InChI is InChI=1S/C27H27N7O4S/c1-19-3-7-21(8-4-19)34-25(32-11-2-12-33-27(32)23(18-29-33)26(28)35)17-24(30-34)20-5-9-22(10-6-20)39(36,37)31-13-15-38-16-14-31/h2-11,17-18H,12-16H2,1H3,(H2,28,35). The molecule has 200 valence electrons. The van der Waals surface area contributed by atoms with Gasteiger partial charge < -0.3 is 10.5 Å². The van der Waals surface area contributed by atoms with Gasteiger partial charge in [0.15, 0.2) is 0 Å². The second-order valence-electron chi connectivity index (χ2n) is 9.36. The van der Waals surface area contributed by atoms with Gasteiger partial charge in [-0.25, -0.2) is 17.8 Å². The van der Waals surface area contributed by atoms with Gasteiger partial charge in [-0.05, 0) is 37.3 Å². The maximum Gasteiger partial charge on any atom is 0.254 e. The number of fused-ring (bicyclic) bond motifs is 1. The van der Waals surface area contributed by atoms with Gasteiger partial charge >= 0.3 is 0 Å². The van der Waals surface area contributed by atoms with Crippen molar-refractivity contribution in [1.82, 2.24) is 23.9 Å². The van der Waals surface area contributed by atoms with Gasteiger partial charge in [0.05, 0.1) is 42.2 Å². The van der Waals surface area contributed by atoms with Crippen molar-refractivity contribution in [2.75, 3.05) is 31.2 Å². The van der Waals surface area contributed by atoms with Crippen LogP contribution in [0.5, 0.6) is 0 Å². The summed E-state index contributed by atoms with van der Waals surface area (Å²) in [6.45, 7) is 3.96. The predicted molar refractivity (Wildman–Crippen MR) is 145 cm³/mol. The fourth-order valence-electron chi connectivity index (χ4n) is 4.74. The van der Waals surface area contributed by atoms with Crippen molar-refractivity contribution in [3.8, 4) is 16.9 Å². The SMILES string of the molecule is Cc1ccc(-n2nc(-c3ccc(S(=O)(=O)N4CCOCC4)cc3)cc2N2C=CCn3ncc(C(N)=O)c32)cc1. The number of primary amides is 1. The smallest absolute Gasteiger partial charge is 0.254 e. The van der Waals surface area contributed by atoms with Gasteiger partial charge in [0, 0.05) is 30.9 Å². The average molecular weight is 546 g/mol. The molecule has 0 saturated carbocycles. The number of allylic oxidation sites excluding steroid dienone is 1. The number of benzene rings is 2. The number of nitrogens with zero attached hydrogens (tertiary/aromatic N) is 6. The van der Waals surface area contributed by atoms with Crippen LogP contribution in [0.1, 0.15) is 15.9 Å². The number of carbonyl (C=O) groups is 1. The van der Waals surface area contributed by atoms with E-state index in [9.17, 15) is 13.2 Å². The number of hydrogen-bond acceptors (Lipinski definition) is 7. The summed E-state index contributed by atoms with van der Waals surface area (Å²) in [5, 5.41) is 9.22. The van der Waals surface area contributed by atoms with Crippen molar-refractivity contribution < 1.29 is 17.9 Å². The number of ether oxygens (including phenoxy) is 1. The number of rotatable bonds is 6. The summed E-state index contributed by atoms with van der Waals surface area (Å²) < 4.78 is 36.4. The summed E-state index contributed by atoms with van der Waals surface area (Å²) >= 11 is 0. The second kappa shape index (κ2) is 9.80. The molecular formula is C27H27N7O4S. The zero-order valence-electron chi connectivity index (χ0n) is 21.3. The molecule has 1 fully saturated rings. The monoisotopic (exact) mass is 545 g/mol. The van der Waals surface area contributed by atoms with Crippen LogP contribution in [-0.2, 0) is 21.3 Å². The van der Waals surface area contributed by atoms with Gasteiger partial charge in [-0.15, -0.1) is 0 Å². The fourth-order valence-corrected chi connectivity index (χ4v) is 6.15. The number of anilines is 2. The third-order valence-electron chi connectivity index (χ3n) is 6.81. The minimum absolute atomic E-state index is 0.223. The molecule has 0 bridgehead atoms. The van der Waals surface area contributed by atoms with E-state index in [4.69, 9.17) is 15.6 Å². The Hall–Kier alpha value is -4.26. The first-order chi connectivity index (χ1) is 18.8. The number of morpholine rings is 1. The van der Waals surface area contributed by atoms with Crippen LogP contribution in [0.15, 0.2) is 78.0 Å². The van der Waals surface area contributed by atoms with E-state index in [0.717, 1.165) is 16.8 Å². The molecule has 2 aliphatic rings. The molecule has 4 aromatic rings. The quantitative estimate of drug-likeness (QED) is 0.395. The molecule has 6 rings (SSSR count). The van der Waals surface area contributed by atoms with Crippen LogP contribution in [0.2, 0.25) is 0 Å². The van der Waals surface area contributed by atoms with Crippen LogP contribution >= 0.6 is 0 Å². The molecule has 0 spiro atoms. The minimum atomic E-state index is -3.61. The largest absolute Gasteiger partial charge is 0.379 e. The molecular weight excluding hydrogens is 518 g/mol. The van der Waals surface area contributed by atoms with Gasteiger partial charge in [-0.1, -0.05) is 29.8 Å². The topological polar surface area (TPSA) is 129 Å². The Kier molecular flexibility index (Phi) is 6.29. The summed E-state index contributed by atoms with van der Waals surface area (Å²) in [6, 6.07) is 16.5. The molecule has 0 atom stereocenters. The zero-order valence-corrected chi connectivity index (χ0v) is 22.1. The molecule has 12 heteroatoms. The minimum Gasteiger partial charge on any atom is -0.379 e. The van der Waals surface area contributed by atoms with Crippen molar-refractivity contribution in [1.29, 1.82) is 0 Å². The van der Waals surface area contributed by atoms with Gasteiger partial charge in [0.2, 0.25) is 10.0 Å². The maximum absolute atomic E-state index is 13.1. The third kappa shape index (κ3) is 4.52.